The van der Waals surface area contributed by atoms with E-state index in [1.807, 2.05) is 0 Å². The van der Waals surface area contributed by atoms with Gasteiger partial charge in [0, 0.05) is 35.2 Å². The molecule has 0 radical (unpaired) electrons. The summed E-state index contributed by atoms with van der Waals surface area (Å²) in [6.45, 7) is 3.07. The van der Waals surface area contributed by atoms with E-state index in [2.05, 4.69) is 11.8 Å². The van der Waals surface area contributed by atoms with E-state index in [9.17, 15) is 14.9 Å². The molecule has 1 aliphatic rings. The number of benzene rings is 1. The van der Waals surface area contributed by atoms with Gasteiger partial charge in [-0.3, -0.25) is 14.9 Å². The number of carbonyl (C=O) groups is 1. The molecule has 0 amide bonds. The fourth-order valence-corrected chi connectivity index (χ4v) is 3.83. The SMILES string of the molecule is CC1CCCCN1C(=S)Sc1ccc([N+](=O)[O-])cc1C=O. The Morgan fingerprint density at radius 2 is 2.29 bits per heavy atom. The average molecular weight is 324 g/mol. The number of aldehydes is 1. The van der Waals surface area contributed by atoms with Crippen molar-refractivity contribution < 1.29 is 9.72 Å². The van der Waals surface area contributed by atoms with Crippen molar-refractivity contribution in [2.24, 2.45) is 0 Å². The summed E-state index contributed by atoms with van der Waals surface area (Å²) in [5, 5.41) is 10.7. The molecule has 0 bridgehead atoms. The molecule has 0 saturated carbocycles. The van der Waals surface area contributed by atoms with Crippen molar-refractivity contribution in [1.29, 1.82) is 0 Å². The van der Waals surface area contributed by atoms with Crippen LogP contribution >= 0.6 is 24.0 Å². The fraction of sp³-hybridized carbons (Fsp3) is 0.429. The van der Waals surface area contributed by atoms with E-state index in [4.69, 9.17) is 12.2 Å². The maximum atomic E-state index is 11.1. The highest BCUT2D eigenvalue weighted by Gasteiger charge is 2.22. The highest BCUT2D eigenvalue weighted by molar-refractivity contribution is 8.23. The number of carbonyl (C=O) groups excluding carboxylic acids is 1. The molecule has 1 saturated heterocycles. The van der Waals surface area contributed by atoms with Crippen LogP contribution in [0.5, 0.6) is 0 Å². The maximum Gasteiger partial charge on any atom is 0.270 e. The van der Waals surface area contributed by atoms with E-state index < -0.39 is 4.92 Å². The Bertz CT molecular complexity index is 577. The van der Waals surface area contributed by atoms with Crippen molar-refractivity contribution in [2.75, 3.05) is 6.54 Å². The van der Waals surface area contributed by atoms with Crippen LogP contribution in [0.3, 0.4) is 0 Å². The zero-order valence-electron chi connectivity index (χ0n) is 11.7. The number of hydrogen-bond acceptors (Lipinski definition) is 5. The summed E-state index contributed by atoms with van der Waals surface area (Å²) >= 11 is 6.79. The molecule has 0 spiro atoms. The molecule has 7 heteroatoms. The number of nitro benzene ring substituents is 1. The van der Waals surface area contributed by atoms with Crippen LogP contribution in [0.25, 0.3) is 0 Å². The number of hydrogen-bond donors (Lipinski definition) is 0. The van der Waals surface area contributed by atoms with Crippen LogP contribution in [0.15, 0.2) is 23.1 Å². The molecule has 0 aliphatic carbocycles. The first-order chi connectivity index (χ1) is 10.0. The number of piperidine rings is 1. The van der Waals surface area contributed by atoms with Gasteiger partial charge in [0.1, 0.15) is 4.32 Å². The number of thioether (sulfide) groups is 1. The second-order valence-corrected chi connectivity index (χ2v) is 6.68. The molecule has 1 unspecified atom stereocenters. The lowest BCUT2D eigenvalue weighted by atomic mass is 10.1. The van der Waals surface area contributed by atoms with Gasteiger partial charge in [-0.2, -0.15) is 0 Å². The number of non-ortho nitro benzene ring substituents is 1. The van der Waals surface area contributed by atoms with E-state index in [1.54, 1.807) is 6.07 Å². The Morgan fingerprint density at radius 3 is 2.90 bits per heavy atom. The van der Waals surface area contributed by atoms with Gasteiger partial charge in [0.15, 0.2) is 6.29 Å². The second-order valence-electron chi connectivity index (χ2n) is 5.00. The monoisotopic (exact) mass is 324 g/mol. The molecule has 5 nitrogen and oxygen atoms in total. The smallest absolute Gasteiger partial charge is 0.270 e. The highest BCUT2D eigenvalue weighted by atomic mass is 32.2. The molecule has 1 heterocycles. The number of nitrogens with zero attached hydrogens (tertiary/aromatic N) is 2. The largest absolute Gasteiger partial charge is 0.355 e. The third-order valence-corrected chi connectivity index (χ3v) is 5.05. The minimum Gasteiger partial charge on any atom is -0.355 e. The molecule has 21 heavy (non-hydrogen) atoms. The predicted octanol–water partition coefficient (Wildman–Crippen LogP) is 3.66. The van der Waals surface area contributed by atoms with Crippen LogP contribution in [0.4, 0.5) is 5.69 Å². The van der Waals surface area contributed by atoms with E-state index in [-0.39, 0.29) is 5.69 Å². The third-order valence-electron chi connectivity index (χ3n) is 3.57. The highest BCUT2D eigenvalue weighted by Crippen LogP contribution is 2.30. The summed E-state index contributed by atoms with van der Waals surface area (Å²) in [5.41, 5.74) is 0.222. The maximum absolute atomic E-state index is 11.1. The van der Waals surface area contributed by atoms with Gasteiger partial charge in [0.2, 0.25) is 0 Å². The molecule has 0 aromatic heterocycles. The van der Waals surface area contributed by atoms with E-state index in [1.165, 1.54) is 30.3 Å². The molecule has 2 rings (SSSR count). The van der Waals surface area contributed by atoms with E-state index in [0.29, 0.717) is 22.8 Å². The molecule has 1 aromatic carbocycles. The molecular formula is C14H16N2O3S2. The quantitative estimate of drug-likeness (QED) is 0.278. The first kappa shape index (κ1) is 15.9. The Labute approximate surface area is 132 Å². The van der Waals surface area contributed by atoms with Crippen LogP contribution in [0, 0.1) is 10.1 Å². The van der Waals surface area contributed by atoms with Crippen LogP contribution in [-0.2, 0) is 0 Å². The normalized spacial score (nSPS) is 18.3. The van der Waals surface area contributed by atoms with Gasteiger partial charge >= 0.3 is 0 Å². The molecule has 1 aliphatic heterocycles. The Morgan fingerprint density at radius 1 is 1.52 bits per heavy atom. The molecular weight excluding hydrogens is 308 g/mol. The lowest BCUT2D eigenvalue weighted by molar-refractivity contribution is -0.384. The summed E-state index contributed by atoms with van der Waals surface area (Å²) in [5.74, 6) is 0. The van der Waals surface area contributed by atoms with Gasteiger partial charge < -0.3 is 4.90 Å². The van der Waals surface area contributed by atoms with Gasteiger partial charge in [0.25, 0.3) is 5.69 Å². The topological polar surface area (TPSA) is 63.4 Å². The van der Waals surface area contributed by atoms with Crippen LogP contribution in [0.1, 0.15) is 36.5 Å². The first-order valence-electron chi connectivity index (χ1n) is 6.75. The van der Waals surface area contributed by atoms with E-state index >= 15 is 0 Å². The molecule has 1 atom stereocenters. The first-order valence-corrected chi connectivity index (χ1v) is 7.97. The third kappa shape index (κ3) is 3.79. The molecule has 0 N–H and O–H groups in total. The Kier molecular flexibility index (Phi) is 5.30. The van der Waals surface area contributed by atoms with Gasteiger partial charge in [-0.15, -0.1) is 0 Å². The Balaban J connectivity index is 2.16. The number of rotatable bonds is 3. The zero-order chi connectivity index (χ0) is 15.4. The summed E-state index contributed by atoms with van der Waals surface area (Å²) in [6, 6.07) is 4.68. The summed E-state index contributed by atoms with van der Waals surface area (Å²) in [7, 11) is 0. The predicted molar refractivity (Wildman–Crippen MR) is 87.0 cm³/mol. The van der Waals surface area contributed by atoms with Crippen LogP contribution in [-0.4, -0.2) is 33.0 Å². The summed E-state index contributed by atoms with van der Waals surface area (Å²) in [4.78, 5) is 24.2. The van der Waals surface area contributed by atoms with E-state index in [0.717, 1.165) is 23.7 Å². The lowest BCUT2D eigenvalue weighted by Crippen LogP contribution is -2.39. The molecule has 112 valence electrons. The van der Waals surface area contributed by atoms with Crippen molar-refractivity contribution in [3.8, 4) is 0 Å². The zero-order valence-corrected chi connectivity index (χ0v) is 13.3. The van der Waals surface area contributed by atoms with Crippen molar-refractivity contribution in [3.63, 3.8) is 0 Å². The minimum atomic E-state index is -0.507. The minimum absolute atomic E-state index is 0.0845. The number of thiocarbonyl (C=S) groups is 1. The fourth-order valence-electron chi connectivity index (χ4n) is 2.36. The Hall–Kier alpha value is -1.47. The van der Waals surface area contributed by atoms with Gasteiger partial charge in [0.05, 0.1) is 4.92 Å². The molecule has 1 fully saturated rings. The molecule has 1 aromatic rings. The van der Waals surface area contributed by atoms with Gasteiger partial charge in [-0.05, 0) is 32.3 Å². The number of likely N-dealkylation sites (tertiary alicyclic amines) is 1. The van der Waals surface area contributed by atoms with Crippen LogP contribution in [0.2, 0.25) is 0 Å². The van der Waals surface area contributed by atoms with Gasteiger partial charge in [-0.25, -0.2) is 0 Å². The van der Waals surface area contributed by atoms with Crippen molar-refractivity contribution in [3.05, 3.63) is 33.9 Å². The lowest BCUT2D eigenvalue weighted by Gasteiger charge is -2.35. The van der Waals surface area contributed by atoms with Crippen molar-refractivity contribution >= 4 is 40.3 Å². The summed E-state index contributed by atoms with van der Waals surface area (Å²) < 4.78 is 0.721. The summed E-state index contributed by atoms with van der Waals surface area (Å²) in [6.07, 6.45) is 4.08. The van der Waals surface area contributed by atoms with Crippen molar-refractivity contribution in [2.45, 2.75) is 37.1 Å². The standard InChI is InChI=1S/C14H16N2O3S2/c1-10-4-2-3-7-15(10)14(20)21-13-6-5-12(16(18)19)8-11(13)9-17/h5-6,8-10H,2-4,7H2,1H3. The second kappa shape index (κ2) is 7.00. The van der Waals surface area contributed by atoms with Crippen LogP contribution < -0.4 is 0 Å². The van der Waals surface area contributed by atoms with Gasteiger partial charge in [-0.1, -0.05) is 24.0 Å². The van der Waals surface area contributed by atoms with Crippen molar-refractivity contribution in [1.82, 2.24) is 4.90 Å². The number of nitro groups is 1. The average Bonchev–Trinajstić information content (AvgIpc) is 2.47.